The molecule has 47 heavy (non-hydrogen) atoms. The number of halogens is 2. The summed E-state index contributed by atoms with van der Waals surface area (Å²) < 4.78 is 32.1. The fourth-order valence-corrected chi connectivity index (χ4v) is 7.70. The van der Waals surface area contributed by atoms with Crippen LogP contribution < -0.4 is 10.2 Å². The Balaban J connectivity index is 1.14. The first-order valence-electron chi connectivity index (χ1n) is 15.8. The Kier molecular flexibility index (Phi) is 6.24. The number of benzene rings is 2. The number of aromatic nitrogens is 7. The molecule has 1 aliphatic carbocycles. The van der Waals surface area contributed by atoms with E-state index in [1.54, 1.807) is 6.20 Å². The summed E-state index contributed by atoms with van der Waals surface area (Å²) in [5.74, 6) is -0.188. The number of likely N-dealkylation sites (N-methyl/N-ethyl adjacent to an activating group) is 1. The van der Waals surface area contributed by atoms with Crippen molar-refractivity contribution in [2.75, 3.05) is 23.8 Å². The number of pyridine rings is 1. The van der Waals surface area contributed by atoms with Crippen molar-refractivity contribution in [1.82, 2.24) is 39.2 Å². The van der Waals surface area contributed by atoms with Gasteiger partial charge in [-0.1, -0.05) is 18.2 Å². The van der Waals surface area contributed by atoms with E-state index in [1.807, 2.05) is 53.5 Å². The average Bonchev–Trinajstić information content (AvgIpc) is 3.89. The monoisotopic (exact) mass is 632 g/mol. The minimum atomic E-state index is -0.757. The van der Waals surface area contributed by atoms with Gasteiger partial charge in [0.1, 0.15) is 35.5 Å². The molecule has 6 bridgehead atoms. The molecule has 0 radical (unpaired) electrons. The second kappa shape index (κ2) is 10.5. The van der Waals surface area contributed by atoms with E-state index in [4.69, 9.17) is 9.97 Å². The second-order valence-electron chi connectivity index (χ2n) is 12.6. The van der Waals surface area contributed by atoms with E-state index in [0.717, 1.165) is 47.6 Å². The summed E-state index contributed by atoms with van der Waals surface area (Å²) in [4.78, 5) is 37.2. The Morgan fingerprint density at radius 3 is 2.72 bits per heavy atom. The molecular formula is C34H30F2N10O. The van der Waals surface area contributed by atoms with E-state index in [-0.39, 0.29) is 29.7 Å². The molecule has 11 nitrogen and oxygen atoms in total. The van der Waals surface area contributed by atoms with Crippen molar-refractivity contribution in [3.8, 4) is 16.9 Å². The summed E-state index contributed by atoms with van der Waals surface area (Å²) in [7, 11) is 1.90. The van der Waals surface area contributed by atoms with Crippen molar-refractivity contribution < 1.29 is 13.6 Å². The SMILES string of the molecule is CN1C(=O)[C@@H]2CC(CN2c2ncnc3c2cnn3-c2ccc(F)cc2F)Nc2cccc(n2)-c2cccc3ncn(c23)[C@@H]2CC[C@@H]1C2. The quantitative estimate of drug-likeness (QED) is 0.280. The molecule has 4 aromatic heterocycles. The molecule has 236 valence electrons. The van der Waals surface area contributed by atoms with Crippen molar-refractivity contribution in [2.24, 2.45) is 0 Å². The lowest BCUT2D eigenvalue weighted by molar-refractivity contribution is -0.133. The molecule has 2 fully saturated rings. The number of anilines is 2. The number of rotatable bonds is 2. The van der Waals surface area contributed by atoms with Crippen molar-refractivity contribution in [3.63, 3.8) is 0 Å². The molecule has 1 saturated carbocycles. The van der Waals surface area contributed by atoms with Gasteiger partial charge in [-0.05, 0) is 56.0 Å². The Hall–Kier alpha value is -5.46. The molecule has 13 heteroatoms. The molecule has 6 heterocycles. The zero-order valence-electron chi connectivity index (χ0n) is 25.5. The first-order chi connectivity index (χ1) is 22.9. The minimum Gasteiger partial charge on any atom is -0.365 e. The summed E-state index contributed by atoms with van der Waals surface area (Å²) in [5, 5.41) is 8.56. The second-order valence-corrected chi connectivity index (χ2v) is 12.6. The lowest BCUT2D eigenvalue weighted by Gasteiger charge is -2.32. The molecule has 3 aliphatic rings. The average molecular weight is 633 g/mol. The van der Waals surface area contributed by atoms with Gasteiger partial charge in [0.05, 0.1) is 34.6 Å². The molecule has 1 N–H and O–H groups in total. The third-order valence-corrected chi connectivity index (χ3v) is 9.98. The van der Waals surface area contributed by atoms with Gasteiger partial charge in [0, 0.05) is 43.3 Å². The van der Waals surface area contributed by atoms with Gasteiger partial charge in [0.25, 0.3) is 0 Å². The maximum absolute atomic E-state index is 14.8. The van der Waals surface area contributed by atoms with Crippen LogP contribution in [-0.4, -0.2) is 76.8 Å². The molecule has 1 amide bonds. The number of fused-ring (bicyclic) bond motifs is 9. The summed E-state index contributed by atoms with van der Waals surface area (Å²) in [5.41, 5.74) is 4.29. The van der Waals surface area contributed by atoms with E-state index in [9.17, 15) is 13.6 Å². The summed E-state index contributed by atoms with van der Waals surface area (Å²) >= 11 is 0. The lowest BCUT2D eigenvalue weighted by atomic mass is 10.1. The van der Waals surface area contributed by atoms with Gasteiger partial charge >= 0.3 is 0 Å². The van der Waals surface area contributed by atoms with Crippen LogP contribution >= 0.6 is 0 Å². The Morgan fingerprint density at radius 1 is 0.957 bits per heavy atom. The Bertz CT molecular complexity index is 2200. The van der Waals surface area contributed by atoms with E-state index >= 15 is 0 Å². The smallest absolute Gasteiger partial charge is 0.245 e. The summed E-state index contributed by atoms with van der Waals surface area (Å²) in [6.07, 6.45) is 8.04. The standard InChI is InChI=1S/C34H30F2N10O/c1-43-21-9-10-22(14-21)45-18-39-27-6-2-4-23(31(27)45)26-5-3-7-30(42-26)41-20-13-29(34(43)47)44(16-20)32-24-15-40-46(33(24)38-17-37-32)28-11-8-19(35)12-25(28)36/h2-8,11-12,15,17-18,20-22,29H,9-10,13-14,16H2,1H3,(H,41,42)/t20?,21-,22-,29+/m1/s1. The highest BCUT2D eigenvalue weighted by molar-refractivity contribution is 5.93. The molecule has 1 unspecified atom stereocenters. The predicted molar refractivity (Wildman–Crippen MR) is 172 cm³/mol. The first-order valence-corrected chi connectivity index (χ1v) is 15.8. The molecule has 2 aliphatic heterocycles. The maximum atomic E-state index is 14.8. The molecule has 2 aromatic carbocycles. The van der Waals surface area contributed by atoms with Crippen molar-refractivity contribution >= 4 is 39.6 Å². The number of carbonyl (C=O) groups is 1. The van der Waals surface area contributed by atoms with Gasteiger partial charge in [-0.2, -0.15) is 5.10 Å². The van der Waals surface area contributed by atoms with Crippen LogP contribution in [0.15, 0.2) is 73.4 Å². The van der Waals surface area contributed by atoms with Crippen LogP contribution in [0, 0.1) is 11.6 Å². The number of nitrogens with one attached hydrogen (secondary N) is 1. The van der Waals surface area contributed by atoms with E-state index < -0.39 is 17.7 Å². The number of amides is 1. The van der Waals surface area contributed by atoms with Gasteiger partial charge in [0.15, 0.2) is 11.5 Å². The van der Waals surface area contributed by atoms with Crippen LogP contribution in [0.5, 0.6) is 0 Å². The largest absolute Gasteiger partial charge is 0.365 e. The highest BCUT2D eigenvalue weighted by Crippen LogP contribution is 2.39. The van der Waals surface area contributed by atoms with Crippen LogP contribution in [-0.2, 0) is 4.79 Å². The topological polar surface area (TPSA) is 110 Å². The van der Waals surface area contributed by atoms with E-state index in [2.05, 4.69) is 31.0 Å². The number of hydrogen-bond acceptors (Lipinski definition) is 8. The van der Waals surface area contributed by atoms with Crippen LogP contribution in [0.1, 0.15) is 31.7 Å². The van der Waals surface area contributed by atoms with E-state index in [1.165, 1.54) is 23.1 Å². The third kappa shape index (κ3) is 4.43. The third-order valence-electron chi connectivity index (χ3n) is 9.98. The lowest BCUT2D eigenvalue weighted by Crippen LogP contribution is -2.47. The number of imidazole rings is 1. The Labute approximate surface area is 267 Å². The predicted octanol–water partition coefficient (Wildman–Crippen LogP) is 5.13. The highest BCUT2D eigenvalue weighted by Gasteiger charge is 2.43. The zero-order valence-corrected chi connectivity index (χ0v) is 25.5. The Morgan fingerprint density at radius 2 is 1.83 bits per heavy atom. The molecule has 0 spiro atoms. The molecule has 1 saturated heterocycles. The maximum Gasteiger partial charge on any atom is 0.245 e. The van der Waals surface area contributed by atoms with Crippen molar-refractivity contribution in [3.05, 3.63) is 85.1 Å². The zero-order chi connectivity index (χ0) is 31.8. The van der Waals surface area contributed by atoms with Crippen LogP contribution in [0.4, 0.5) is 20.4 Å². The molecular weight excluding hydrogens is 602 g/mol. The summed E-state index contributed by atoms with van der Waals surface area (Å²) in [6.45, 7) is 0.466. The van der Waals surface area contributed by atoms with E-state index in [0.29, 0.717) is 35.6 Å². The van der Waals surface area contributed by atoms with Gasteiger partial charge in [-0.15, -0.1) is 0 Å². The van der Waals surface area contributed by atoms with Gasteiger partial charge in [-0.25, -0.2) is 33.4 Å². The van der Waals surface area contributed by atoms with Crippen molar-refractivity contribution in [1.29, 1.82) is 0 Å². The first kappa shape index (κ1) is 27.8. The normalized spacial score (nSPS) is 22.5. The minimum absolute atomic E-state index is 0.0106. The van der Waals surface area contributed by atoms with Gasteiger partial charge in [-0.3, -0.25) is 4.79 Å². The number of carbonyl (C=O) groups excluding carboxylic acids is 1. The molecule has 6 aromatic rings. The van der Waals surface area contributed by atoms with Gasteiger partial charge < -0.3 is 19.7 Å². The summed E-state index contributed by atoms with van der Waals surface area (Å²) in [6, 6.07) is 15.0. The fraction of sp³-hybridized carbons (Fsp3) is 0.294. The number of nitrogens with zero attached hydrogens (tertiary/aromatic N) is 9. The molecule has 4 atom stereocenters. The van der Waals surface area contributed by atoms with Gasteiger partial charge in [0.2, 0.25) is 5.91 Å². The van der Waals surface area contributed by atoms with Crippen LogP contribution in [0.25, 0.3) is 39.0 Å². The number of hydrogen-bond donors (Lipinski definition) is 1. The number of para-hydroxylation sites is 1. The molecule has 9 rings (SSSR count). The van der Waals surface area contributed by atoms with Crippen LogP contribution in [0.3, 0.4) is 0 Å². The fourth-order valence-electron chi connectivity index (χ4n) is 7.70. The highest BCUT2D eigenvalue weighted by atomic mass is 19.1. The van der Waals surface area contributed by atoms with Crippen LogP contribution in [0.2, 0.25) is 0 Å². The van der Waals surface area contributed by atoms with Crippen molar-refractivity contribution in [2.45, 2.75) is 49.9 Å².